The molecule has 0 saturated carbocycles. The number of amides is 1. The molecule has 0 aliphatic carbocycles. The summed E-state index contributed by atoms with van der Waals surface area (Å²) in [6.07, 6.45) is 0.820. The lowest BCUT2D eigenvalue weighted by molar-refractivity contribution is -0.148. The highest BCUT2D eigenvalue weighted by Crippen LogP contribution is 2.09. The topological polar surface area (TPSA) is 83.6 Å². The molecule has 0 radical (unpaired) electrons. The van der Waals surface area contributed by atoms with Gasteiger partial charge in [-0.3, -0.25) is 4.79 Å². The number of carbonyl (C=O) groups is 2. The molecule has 0 rings (SSSR count). The van der Waals surface area contributed by atoms with Gasteiger partial charge in [0.15, 0.2) is 0 Å². The predicted octanol–water partition coefficient (Wildman–Crippen LogP) is 0.435. The average Bonchev–Trinajstić information content (AvgIpc) is 2.10. The minimum Gasteiger partial charge on any atom is -0.480 e. The fourth-order valence-electron chi connectivity index (χ4n) is 0.987. The third-order valence-electron chi connectivity index (χ3n) is 2.31. The van der Waals surface area contributed by atoms with Crippen molar-refractivity contribution in [2.45, 2.75) is 45.2 Å². The first-order chi connectivity index (χ1) is 6.65. The quantitative estimate of drug-likeness (QED) is 0.698. The molecule has 15 heavy (non-hydrogen) atoms. The van der Waals surface area contributed by atoms with Gasteiger partial charge in [0.2, 0.25) is 5.91 Å². The molecule has 88 valence electrons. The molecule has 1 atom stereocenters. The van der Waals surface area contributed by atoms with Gasteiger partial charge < -0.3 is 15.7 Å². The van der Waals surface area contributed by atoms with Crippen LogP contribution in [0.1, 0.15) is 33.6 Å². The summed E-state index contributed by atoms with van der Waals surface area (Å²) < 4.78 is 0. The van der Waals surface area contributed by atoms with Gasteiger partial charge in [0.1, 0.15) is 6.04 Å². The van der Waals surface area contributed by atoms with Gasteiger partial charge >= 0.3 is 5.97 Å². The average molecular weight is 216 g/mol. The maximum Gasteiger partial charge on any atom is 0.326 e. The fourth-order valence-corrected chi connectivity index (χ4v) is 0.987. The Morgan fingerprint density at radius 1 is 1.47 bits per heavy atom. The third kappa shape index (κ3) is 5.37. The van der Waals surface area contributed by atoms with Gasteiger partial charge in [0, 0.05) is 19.0 Å². The number of aliphatic carboxylic acids is 1. The van der Waals surface area contributed by atoms with Crippen LogP contribution in [-0.2, 0) is 9.59 Å². The number of carbonyl (C=O) groups excluding carboxylic acids is 1. The number of carboxylic acid groups (broad SMARTS) is 1. The van der Waals surface area contributed by atoms with Gasteiger partial charge in [-0.15, -0.1) is 0 Å². The number of nitrogens with two attached hydrogens (primary N) is 1. The van der Waals surface area contributed by atoms with Crippen LogP contribution in [0, 0.1) is 0 Å². The van der Waals surface area contributed by atoms with E-state index in [-0.39, 0.29) is 12.3 Å². The van der Waals surface area contributed by atoms with Crippen LogP contribution in [0.5, 0.6) is 0 Å². The zero-order valence-corrected chi connectivity index (χ0v) is 9.78. The molecule has 0 fully saturated rings. The zero-order valence-electron chi connectivity index (χ0n) is 9.78. The van der Waals surface area contributed by atoms with Crippen molar-refractivity contribution < 1.29 is 14.7 Å². The molecule has 1 unspecified atom stereocenters. The van der Waals surface area contributed by atoms with E-state index in [2.05, 4.69) is 0 Å². The van der Waals surface area contributed by atoms with Gasteiger partial charge in [-0.25, -0.2) is 4.79 Å². The predicted molar refractivity (Wildman–Crippen MR) is 57.4 cm³/mol. The van der Waals surface area contributed by atoms with Crippen molar-refractivity contribution in [2.24, 2.45) is 5.73 Å². The second-order valence-electron chi connectivity index (χ2n) is 4.51. The smallest absolute Gasteiger partial charge is 0.326 e. The number of likely N-dealkylation sites (N-methyl/N-ethyl adjacent to an activating group) is 1. The number of hydrogen-bond donors (Lipinski definition) is 2. The van der Waals surface area contributed by atoms with Crippen LogP contribution in [-0.4, -0.2) is 40.5 Å². The molecule has 3 N–H and O–H groups in total. The van der Waals surface area contributed by atoms with E-state index in [0.29, 0.717) is 6.42 Å². The van der Waals surface area contributed by atoms with E-state index < -0.39 is 17.6 Å². The molecule has 0 aromatic heterocycles. The fraction of sp³-hybridized carbons (Fsp3) is 0.800. The minimum atomic E-state index is -1.00. The maximum absolute atomic E-state index is 11.5. The van der Waals surface area contributed by atoms with E-state index in [1.54, 1.807) is 0 Å². The van der Waals surface area contributed by atoms with Crippen LogP contribution in [0.25, 0.3) is 0 Å². The van der Waals surface area contributed by atoms with Crippen molar-refractivity contribution in [2.75, 3.05) is 7.05 Å². The highest BCUT2D eigenvalue weighted by molar-refractivity contribution is 5.83. The van der Waals surface area contributed by atoms with E-state index in [1.807, 2.05) is 13.8 Å². The van der Waals surface area contributed by atoms with E-state index in [0.717, 1.165) is 0 Å². The summed E-state index contributed by atoms with van der Waals surface area (Å²) in [5.41, 5.74) is 5.33. The van der Waals surface area contributed by atoms with Gasteiger partial charge in [-0.05, 0) is 27.2 Å². The molecule has 0 heterocycles. The largest absolute Gasteiger partial charge is 0.480 e. The van der Waals surface area contributed by atoms with Crippen LogP contribution in [0.4, 0.5) is 0 Å². The first-order valence-electron chi connectivity index (χ1n) is 4.92. The summed E-state index contributed by atoms with van der Waals surface area (Å²) in [5.74, 6) is -1.19. The number of rotatable bonds is 5. The molecule has 0 spiro atoms. The molecule has 1 amide bonds. The molecule has 5 nitrogen and oxygen atoms in total. The first kappa shape index (κ1) is 13.9. The zero-order chi connectivity index (χ0) is 12.2. The normalized spacial score (nSPS) is 13.4. The molecule has 0 bridgehead atoms. The Balaban J connectivity index is 4.17. The molecule has 0 aromatic rings. The van der Waals surface area contributed by atoms with Gasteiger partial charge in [0.05, 0.1) is 0 Å². The van der Waals surface area contributed by atoms with Gasteiger partial charge in [0.25, 0.3) is 0 Å². The lowest BCUT2D eigenvalue weighted by Gasteiger charge is -2.24. The number of nitrogens with zero attached hydrogens (tertiary/aromatic N) is 1. The van der Waals surface area contributed by atoms with Gasteiger partial charge in [-0.1, -0.05) is 0 Å². The molecular weight excluding hydrogens is 196 g/mol. The van der Waals surface area contributed by atoms with Crippen molar-refractivity contribution in [3.05, 3.63) is 0 Å². The molecule has 0 aliphatic rings. The summed E-state index contributed by atoms with van der Waals surface area (Å²) in [6.45, 7) is 5.15. The second kappa shape index (κ2) is 5.11. The summed E-state index contributed by atoms with van der Waals surface area (Å²) >= 11 is 0. The molecular formula is C10H20N2O3. The third-order valence-corrected chi connectivity index (χ3v) is 2.31. The van der Waals surface area contributed by atoms with Crippen LogP contribution in [0.15, 0.2) is 0 Å². The highest BCUT2D eigenvalue weighted by Gasteiger charge is 2.22. The van der Waals surface area contributed by atoms with Gasteiger partial charge in [-0.2, -0.15) is 0 Å². The van der Waals surface area contributed by atoms with E-state index >= 15 is 0 Å². The standard InChI is InChI=1S/C10H20N2O3/c1-7(9(14)15)12(4)8(13)5-6-10(2,3)11/h7H,5-6,11H2,1-4H3,(H,14,15). The number of carboxylic acids is 1. The van der Waals surface area contributed by atoms with Crippen molar-refractivity contribution >= 4 is 11.9 Å². The minimum absolute atomic E-state index is 0.191. The highest BCUT2D eigenvalue weighted by atomic mass is 16.4. The Bertz CT molecular complexity index is 246. The Kier molecular flexibility index (Phi) is 4.74. The summed E-state index contributed by atoms with van der Waals surface area (Å²) in [7, 11) is 1.49. The lowest BCUT2D eigenvalue weighted by Crippen LogP contribution is -2.41. The monoisotopic (exact) mass is 216 g/mol. The Labute approximate surface area is 90.2 Å². The Morgan fingerprint density at radius 2 is 1.93 bits per heavy atom. The van der Waals surface area contributed by atoms with E-state index in [1.165, 1.54) is 18.9 Å². The second-order valence-corrected chi connectivity index (χ2v) is 4.51. The van der Waals surface area contributed by atoms with E-state index in [9.17, 15) is 9.59 Å². The van der Waals surface area contributed by atoms with Crippen molar-refractivity contribution in [1.82, 2.24) is 4.90 Å². The van der Waals surface area contributed by atoms with Crippen molar-refractivity contribution in [3.63, 3.8) is 0 Å². The van der Waals surface area contributed by atoms with Crippen LogP contribution in [0.2, 0.25) is 0 Å². The molecule has 0 aliphatic heterocycles. The molecule has 0 aromatic carbocycles. The number of hydrogen-bond acceptors (Lipinski definition) is 3. The van der Waals surface area contributed by atoms with Crippen molar-refractivity contribution in [1.29, 1.82) is 0 Å². The van der Waals surface area contributed by atoms with Crippen LogP contribution >= 0.6 is 0 Å². The molecule has 5 heteroatoms. The van der Waals surface area contributed by atoms with E-state index in [4.69, 9.17) is 10.8 Å². The van der Waals surface area contributed by atoms with Crippen LogP contribution in [0.3, 0.4) is 0 Å². The first-order valence-corrected chi connectivity index (χ1v) is 4.92. The maximum atomic E-state index is 11.5. The summed E-state index contributed by atoms with van der Waals surface area (Å²) in [5, 5.41) is 8.71. The lowest BCUT2D eigenvalue weighted by atomic mass is 9.99. The van der Waals surface area contributed by atoms with Crippen LogP contribution < -0.4 is 5.73 Å². The Morgan fingerprint density at radius 3 is 2.27 bits per heavy atom. The SMILES string of the molecule is CC(C(=O)O)N(C)C(=O)CCC(C)(C)N. The Hall–Kier alpha value is -1.10. The summed E-state index contributed by atoms with van der Waals surface area (Å²) in [6, 6.07) is -0.793. The molecule has 0 saturated heterocycles. The summed E-state index contributed by atoms with van der Waals surface area (Å²) in [4.78, 5) is 23.4. The van der Waals surface area contributed by atoms with Crippen molar-refractivity contribution in [3.8, 4) is 0 Å².